The number of alkyl halides is 2. The van der Waals surface area contributed by atoms with Crippen LogP contribution in [-0.2, 0) is 11.3 Å². The number of para-hydroxylation sites is 2. The van der Waals surface area contributed by atoms with E-state index < -0.39 is 12.0 Å². The zero-order valence-corrected chi connectivity index (χ0v) is 17.9. The van der Waals surface area contributed by atoms with Crippen molar-refractivity contribution in [2.24, 2.45) is 5.92 Å². The molecule has 1 amide bonds. The van der Waals surface area contributed by atoms with Gasteiger partial charge in [0.05, 0.1) is 20.9 Å². The van der Waals surface area contributed by atoms with E-state index in [0.717, 1.165) is 22.4 Å². The van der Waals surface area contributed by atoms with Gasteiger partial charge < -0.3 is 19.5 Å². The maximum atomic E-state index is 12.9. The summed E-state index contributed by atoms with van der Waals surface area (Å²) in [6, 6.07) is 10.8. The number of amides is 1. The van der Waals surface area contributed by atoms with Gasteiger partial charge in [-0.2, -0.15) is 0 Å². The Bertz CT molecular complexity index is 1050. The maximum Gasteiger partial charge on any atom is 0.410 e. The van der Waals surface area contributed by atoms with Crippen molar-refractivity contribution in [2.45, 2.75) is 39.3 Å². The molecule has 160 valence electrons. The van der Waals surface area contributed by atoms with Crippen molar-refractivity contribution < 1.29 is 18.3 Å². The molecule has 1 aliphatic rings. The molecule has 6 nitrogen and oxygen atoms in total. The van der Waals surface area contributed by atoms with Gasteiger partial charge in [-0.25, -0.2) is 18.6 Å². The molecule has 1 saturated heterocycles. The Morgan fingerprint density at radius 1 is 1.27 bits per heavy atom. The van der Waals surface area contributed by atoms with Crippen molar-refractivity contribution >= 4 is 39.4 Å². The molecule has 1 aromatic carbocycles. The molecule has 0 aliphatic carbocycles. The van der Waals surface area contributed by atoms with E-state index in [1.54, 1.807) is 11.0 Å². The summed E-state index contributed by atoms with van der Waals surface area (Å²) in [6.45, 7) is 7.42. The zero-order valence-electron chi connectivity index (χ0n) is 17.1. The van der Waals surface area contributed by atoms with E-state index in [2.05, 4.69) is 10.3 Å². The van der Waals surface area contributed by atoms with Gasteiger partial charge in [-0.1, -0.05) is 12.1 Å². The molecule has 30 heavy (non-hydrogen) atoms. The number of ether oxygens (including phenoxy) is 1. The molecule has 0 spiro atoms. The topological polar surface area (TPSA) is 59.4 Å². The van der Waals surface area contributed by atoms with Crippen LogP contribution in [0.3, 0.4) is 0 Å². The van der Waals surface area contributed by atoms with Gasteiger partial charge in [-0.3, -0.25) is 0 Å². The summed E-state index contributed by atoms with van der Waals surface area (Å²) in [5.41, 5.74) is 1.27. The second kappa shape index (κ2) is 7.86. The second-order valence-corrected chi connectivity index (χ2v) is 9.53. The Kier molecular flexibility index (Phi) is 5.40. The SMILES string of the molecule is CC(C)(C)OC(=O)N1CC(Cn2c(Nc3ccc(C(F)F)s3)nc3ccccc32)C1. The molecular weight excluding hydrogens is 410 g/mol. The number of carbonyl (C=O) groups is 1. The predicted molar refractivity (Wildman–Crippen MR) is 114 cm³/mol. The van der Waals surface area contributed by atoms with E-state index in [1.807, 2.05) is 49.6 Å². The van der Waals surface area contributed by atoms with Crippen molar-refractivity contribution in [3.05, 3.63) is 41.3 Å². The van der Waals surface area contributed by atoms with Gasteiger partial charge in [0, 0.05) is 25.6 Å². The number of likely N-dealkylation sites (tertiary alicyclic amines) is 1. The van der Waals surface area contributed by atoms with Gasteiger partial charge in [0.1, 0.15) is 5.60 Å². The van der Waals surface area contributed by atoms with Gasteiger partial charge in [0.15, 0.2) is 0 Å². The highest BCUT2D eigenvalue weighted by Gasteiger charge is 2.34. The first-order valence-electron chi connectivity index (χ1n) is 9.78. The van der Waals surface area contributed by atoms with Crippen LogP contribution in [0.4, 0.5) is 24.5 Å². The molecule has 3 aromatic rings. The summed E-state index contributed by atoms with van der Waals surface area (Å²) in [7, 11) is 0. The third-order valence-corrected chi connectivity index (χ3v) is 5.79. The number of fused-ring (bicyclic) bond motifs is 1. The molecule has 0 unspecified atom stereocenters. The third kappa shape index (κ3) is 4.40. The lowest BCUT2D eigenvalue weighted by atomic mass is 10.0. The molecule has 1 aliphatic heterocycles. The number of aromatic nitrogens is 2. The van der Waals surface area contributed by atoms with Crippen molar-refractivity contribution in [3.8, 4) is 0 Å². The van der Waals surface area contributed by atoms with E-state index in [4.69, 9.17) is 4.74 Å². The number of hydrogen-bond acceptors (Lipinski definition) is 5. The fraction of sp³-hybridized carbons (Fsp3) is 0.429. The predicted octanol–water partition coefficient (Wildman–Crippen LogP) is 5.65. The third-order valence-electron chi connectivity index (χ3n) is 4.78. The fourth-order valence-electron chi connectivity index (χ4n) is 3.42. The van der Waals surface area contributed by atoms with Crippen LogP contribution in [0.2, 0.25) is 0 Å². The molecule has 0 radical (unpaired) electrons. The Morgan fingerprint density at radius 3 is 2.67 bits per heavy atom. The molecule has 0 bridgehead atoms. The monoisotopic (exact) mass is 434 g/mol. The Labute approximate surface area is 177 Å². The minimum absolute atomic E-state index is 0.0205. The molecule has 3 heterocycles. The number of imidazole rings is 1. The van der Waals surface area contributed by atoms with E-state index >= 15 is 0 Å². The van der Waals surface area contributed by atoms with E-state index in [1.165, 1.54) is 6.07 Å². The Hall–Kier alpha value is -2.68. The summed E-state index contributed by atoms with van der Waals surface area (Å²) in [5, 5.41) is 3.80. The van der Waals surface area contributed by atoms with Gasteiger partial charge in [-0.05, 0) is 45.0 Å². The lowest BCUT2D eigenvalue weighted by Crippen LogP contribution is -2.52. The minimum atomic E-state index is -2.49. The lowest BCUT2D eigenvalue weighted by molar-refractivity contribution is -0.00309. The average Bonchev–Trinajstić information content (AvgIpc) is 3.21. The molecular formula is C21H24F2N4O2S. The number of thiophene rings is 1. The van der Waals surface area contributed by atoms with Crippen molar-refractivity contribution in [3.63, 3.8) is 0 Å². The molecule has 4 rings (SSSR count). The number of hydrogen-bond donors (Lipinski definition) is 1. The number of anilines is 2. The van der Waals surface area contributed by atoms with Crippen LogP contribution in [0.5, 0.6) is 0 Å². The van der Waals surface area contributed by atoms with Crippen LogP contribution in [0.1, 0.15) is 32.1 Å². The van der Waals surface area contributed by atoms with Crippen LogP contribution in [-0.4, -0.2) is 39.2 Å². The van der Waals surface area contributed by atoms with E-state index in [-0.39, 0.29) is 16.9 Å². The number of benzene rings is 1. The first-order chi connectivity index (χ1) is 14.2. The minimum Gasteiger partial charge on any atom is -0.444 e. The quantitative estimate of drug-likeness (QED) is 0.564. The van der Waals surface area contributed by atoms with Gasteiger partial charge in [0.2, 0.25) is 5.95 Å². The van der Waals surface area contributed by atoms with Crippen molar-refractivity contribution in [2.75, 3.05) is 18.4 Å². The molecule has 0 atom stereocenters. The number of nitrogens with one attached hydrogen (secondary N) is 1. The summed E-state index contributed by atoms with van der Waals surface area (Å²) < 4.78 is 33.3. The van der Waals surface area contributed by atoms with Gasteiger partial charge >= 0.3 is 6.09 Å². The number of rotatable bonds is 5. The van der Waals surface area contributed by atoms with Gasteiger partial charge in [-0.15, -0.1) is 11.3 Å². The van der Waals surface area contributed by atoms with Crippen LogP contribution in [0.15, 0.2) is 36.4 Å². The number of carbonyl (C=O) groups excluding carboxylic acids is 1. The summed E-state index contributed by atoms with van der Waals surface area (Å²) in [6.07, 6.45) is -2.79. The maximum absolute atomic E-state index is 12.9. The van der Waals surface area contributed by atoms with Crippen LogP contribution < -0.4 is 5.32 Å². The smallest absolute Gasteiger partial charge is 0.410 e. The molecule has 9 heteroatoms. The first-order valence-corrected chi connectivity index (χ1v) is 10.6. The highest BCUT2D eigenvalue weighted by Crippen LogP contribution is 2.33. The first kappa shape index (κ1) is 20.6. The van der Waals surface area contributed by atoms with Crippen LogP contribution >= 0.6 is 11.3 Å². The van der Waals surface area contributed by atoms with Crippen LogP contribution in [0.25, 0.3) is 11.0 Å². The summed E-state index contributed by atoms with van der Waals surface area (Å²) in [4.78, 5) is 18.5. The molecule has 1 fully saturated rings. The largest absolute Gasteiger partial charge is 0.444 e. The van der Waals surface area contributed by atoms with E-state index in [0.29, 0.717) is 30.6 Å². The second-order valence-electron chi connectivity index (χ2n) is 8.41. The molecule has 0 saturated carbocycles. The molecule has 1 N–H and O–H groups in total. The highest BCUT2D eigenvalue weighted by atomic mass is 32.1. The summed E-state index contributed by atoms with van der Waals surface area (Å²) in [5.74, 6) is 0.866. The molecule has 2 aromatic heterocycles. The standard InChI is InChI=1S/C21H24F2N4O2S/c1-21(2,3)29-20(28)26-10-13(11-26)12-27-15-7-5-4-6-14(15)24-19(27)25-17-9-8-16(30-17)18(22)23/h4-9,13,18H,10-12H2,1-3H3,(H,24,25). The van der Waals surface area contributed by atoms with E-state index in [9.17, 15) is 13.6 Å². The van der Waals surface area contributed by atoms with Crippen LogP contribution in [0, 0.1) is 5.92 Å². The summed E-state index contributed by atoms with van der Waals surface area (Å²) >= 11 is 1.02. The zero-order chi connectivity index (χ0) is 21.5. The van der Waals surface area contributed by atoms with Crippen molar-refractivity contribution in [1.82, 2.24) is 14.5 Å². The Balaban J connectivity index is 1.49. The highest BCUT2D eigenvalue weighted by molar-refractivity contribution is 7.16. The average molecular weight is 435 g/mol. The fourth-order valence-corrected chi connectivity index (χ4v) is 4.18. The van der Waals surface area contributed by atoms with Crippen molar-refractivity contribution in [1.29, 1.82) is 0 Å². The number of halogens is 2. The normalized spacial score (nSPS) is 14.9. The lowest BCUT2D eigenvalue weighted by Gasteiger charge is -2.40. The number of nitrogens with zero attached hydrogens (tertiary/aromatic N) is 3. The van der Waals surface area contributed by atoms with Gasteiger partial charge in [0.25, 0.3) is 6.43 Å². The Morgan fingerprint density at radius 2 is 2.00 bits per heavy atom.